The highest BCUT2D eigenvalue weighted by Gasteiger charge is 2.45. The monoisotopic (exact) mass is 260 g/mol. The number of ether oxygens (including phenoxy) is 1. The van der Waals surface area contributed by atoms with Crippen molar-refractivity contribution in [3.05, 3.63) is 20.8 Å². The third-order valence-electron chi connectivity index (χ3n) is 2.41. The van der Waals surface area contributed by atoms with Crippen molar-refractivity contribution in [1.29, 1.82) is 0 Å². The van der Waals surface area contributed by atoms with Gasteiger partial charge in [-0.05, 0) is 28.9 Å². The number of ketones is 1. The largest absolute Gasteiger partial charge is 0.378 e. The normalized spacial score (nSPS) is 19.5. The average molecular weight is 261 g/mol. The van der Waals surface area contributed by atoms with E-state index in [0.717, 1.165) is 9.35 Å². The molecule has 2 heterocycles. The second-order valence-electron chi connectivity index (χ2n) is 3.26. The average Bonchev–Trinajstić information content (AvgIpc) is 2.32. The molecule has 0 bridgehead atoms. The Morgan fingerprint density at radius 2 is 2.38 bits per heavy atom. The Balaban J connectivity index is 2.37. The molecule has 2 nitrogen and oxygen atoms in total. The Kier molecular flexibility index (Phi) is 2.30. The van der Waals surface area contributed by atoms with E-state index < -0.39 is 0 Å². The van der Waals surface area contributed by atoms with Crippen LogP contribution in [0.1, 0.15) is 11.8 Å². The first kappa shape index (κ1) is 9.37. The van der Waals surface area contributed by atoms with E-state index in [1.807, 2.05) is 11.4 Å². The van der Waals surface area contributed by atoms with Crippen LogP contribution in [0.15, 0.2) is 15.9 Å². The number of hydrogen-bond donors (Lipinski definition) is 0. The molecule has 0 spiro atoms. The summed E-state index contributed by atoms with van der Waals surface area (Å²) in [7, 11) is 0. The van der Waals surface area contributed by atoms with Crippen LogP contribution >= 0.6 is 27.3 Å². The van der Waals surface area contributed by atoms with Gasteiger partial charge in [0.15, 0.2) is 0 Å². The molecule has 0 N–H and O–H groups in total. The zero-order chi connectivity index (χ0) is 9.47. The molecule has 0 saturated carbocycles. The fraction of sp³-hybridized carbons (Fsp3) is 0.444. The van der Waals surface area contributed by atoms with Crippen molar-refractivity contribution in [1.82, 2.24) is 0 Å². The molecule has 0 radical (unpaired) electrons. The van der Waals surface area contributed by atoms with E-state index in [2.05, 4.69) is 15.9 Å². The van der Waals surface area contributed by atoms with E-state index in [-0.39, 0.29) is 11.2 Å². The zero-order valence-corrected chi connectivity index (χ0v) is 9.57. The summed E-state index contributed by atoms with van der Waals surface area (Å²) >= 11 is 5.00. The van der Waals surface area contributed by atoms with Crippen LogP contribution in [0.4, 0.5) is 0 Å². The number of rotatable bonds is 2. The Hall–Kier alpha value is -0.190. The summed E-state index contributed by atoms with van der Waals surface area (Å²) in [6.45, 7) is 2.71. The van der Waals surface area contributed by atoms with Crippen LogP contribution in [0, 0.1) is 0 Å². The van der Waals surface area contributed by atoms with Gasteiger partial charge in [0.2, 0.25) is 0 Å². The van der Waals surface area contributed by atoms with Crippen molar-refractivity contribution in [3.8, 4) is 0 Å². The van der Waals surface area contributed by atoms with Crippen molar-refractivity contribution in [3.63, 3.8) is 0 Å². The molecule has 1 aromatic heterocycles. The first-order valence-corrected chi connectivity index (χ1v) is 5.66. The highest BCUT2D eigenvalue weighted by atomic mass is 79.9. The first-order chi connectivity index (χ1) is 6.15. The molecule has 1 aromatic rings. The zero-order valence-electron chi connectivity index (χ0n) is 7.17. The van der Waals surface area contributed by atoms with E-state index >= 15 is 0 Å². The Labute approximate surface area is 89.0 Å². The quantitative estimate of drug-likeness (QED) is 0.817. The summed E-state index contributed by atoms with van der Waals surface area (Å²) in [6.07, 6.45) is 0. The molecule has 1 saturated heterocycles. The predicted octanol–water partition coefficient (Wildman–Crippen LogP) is 2.37. The maximum atomic E-state index is 11.5. The summed E-state index contributed by atoms with van der Waals surface area (Å²) in [6, 6.07) is 2.01. The predicted molar refractivity (Wildman–Crippen MR) is 55.2 cm³/mol. The molecule has 0 atom stereocenters. The smallest absolute Gasteiger partial charge is 0.145 e. The summed E-state index contributed by atoms with van der Waals surface area (Å²) in [5.74, 6) is 0.202. The molecular formula is C9H9BrO2S. The topological polar surface area (TPSA) is 26.3 Å². The Morgan fingerprint density at radius 1 is 1.69 bits per heavy atom. The Morgan fingerprint density at radius 3 is 2.69 bits per heavy atom. The van der Waals surface area contributed by atoms with Gasteiger partial charge in [-0.25, -0.2) is 0 Å². The summed E-state index contributed by atoms with van der Waals surface area (Å²) in [5.41, 5.74) is -0.337. The lowest BCUT2D eigenvalue weighted by molar-refractivity contribution is -0.140. The molecule has 1 aliphatic rings. The molecule has 0 amide bonds. The molecule has 70 valence electrons. The summed E-state index contributed by atoms with van der Waals surface area (Å²) in [4.78, 5) is 12.6. The second kappa shape index (κ2) is 3.19. The molecule has 0 aliphatic carbocycles. The number of Topliss-reactive ketones (excluding diaryl/α,β-unsaturated/α-hetero) is 1. The van der Waals surface area contributed by atoms with Crippen LogP contribution in [0.3, 0.4) is 0 Å². The molecule has 4 heteroatoms. The summed E-state index contributed by atoms with van der Waals surface area (Å²) < 4.78 is 6.18. The minimum Gasteiger partial charge on any atom is -0.378 e. The number of thiophene rings is 1. The van der Waals surface area contributed by atoms with Crippen molar-refractivity contribution < 1.29 is 9.53 Å². The van der Waals surface area contributed by atoms with Gasteiger partial charge in [0, 0.05) is 14.7 Å². The van der Waals surface area contributed by atoms with Gasteiger partial charge in [0.1, 0.15) is 11.2 Å². The molecule has 0 unspecified atom stereocenters. The van der Waals surface area contributed by atoms with Crippen molar-refractivity contribution >= 4 is 33.0 Å². The van der Waals surface area contributed by atoms with Crippen LogP contribution in [-0.2, 0) is 14.9 Å². The first-order valence-electron chi connectivity index (χ1n) is 3.98. The molecule has 13 heavy (non-hydrogen) atoms. The van der Waals surface area contributed by atoms with E-state index in [1.54, 1.807) is 18.3 Å². The maximum absolute atomic E-state index is 11.5. The van der Waals surface area contributed by atoms with Crippen LogP contribution in [0.5, 0.6) is 0 Å². The minimum atomic E-state index is -0.337. The fourth-order valence-corrected chi connectivity index (χ4v) is 3.04. The van der Waals surface area contributed by atoms with Gasteiger partial charge in [-0.3, -0.25) is 4.79 Å². The van der Waals surface area contributed by atoms with E-state index in [0.29, 0.717) is 13.2 Å². The number of carbonyl (C=O) groups excluding carboxylic acids is 1. The third-order valence-corrected chi connectivity index (χ3v) is 4.31. The van der Waals surface area contributed by atoms with Crippen molar-refractivity contribution in [2.24, 2.45) is 0 Å². The molecular weight excluding hydrogens is 252 g/mol. The lowest BCUT2D eigenvalue weighted by Crippen LogP contribution is -2.51. The fourth-order valence-electron chi connectivity index (χ4n) is 1.39. The van der Waals surface area contributed by atoms with Gasteiger partial charge in [-0.15, -0.1) is 11.3 Å². The number of halogens is 1. The van der Waals surface area contributed by atoms with Gasteiger partial charge in [0.25, 0.3) is 0 Å². The molecule has 1 fully saturated rings. The van der Waals surface area contributed by atoms with Crippen molar-refractivity contribution in [2.45, 2.75) is 12.3 Å². The highest BCUT2D eigenvalue weighted by Crippen LogP contribution is 2.38. The number of carbonyl (C=O) groups is 1. The highest BCUT2D eigenvalue weighted by molar-refractivity contribution is 9.10. The van der Waals surface area contributed by atoms with Crippen LogP contribution in [-0.4, -0.2) is 19.0 Å². The molecule has 1 aliphatic heterocycles. The lowest BCUT2D eigenvalue weighted by atomic mass is 9.80. The van der Waals surface area contributed by atoms with E-state index in [9.17, 15) is 4.79 Å². The minimum absolute atomic E-state index is 0.202. The summed E-state index contributed by atoms with van der Waals surface area (Å²) in [5, 5.41) is 2.00. The van der Waals surface area contributed by atoms with Gasteiger partial charge in [0.05, 0.1) is 13.2 Å². The van der Waals surface area contributed by atoms with Crippen LogP contribution < -0.4 is 0 Å². The molecule has 0 aromatic carbocycles. The third kappa shape index (κ3) is 1.37. The molecule has 2 rings (SSSR count). The van der Waals surface area contributed by atoms with Crippen LogP contribution in [0.25, 0.3) is 0 Å². The van der Waals surface area contributed by atoms with Crippen molar-refractivity contribution in [2.75, 3.05) is 13.2 Å². The second-order valence-corrected chi connectivity index (χ2v) is 5.09. The maximum Gasteiger partial charge on any atom is 0.145 e. The SMILES string of the molecule is CC(=O)C1(c2cc(Br)cs2)COC1. The number of hydrogen-bond acceptors (Lipinski definition) is 3. The van der Waals surface area contributed by atoms with Gasteiger partial charge in [-0.1, -0.05) is 0 Å². The standard InChI is InChI=1S/C9H9BrO2S/c1-6(11)9(4-12-5-9)8-2-7(10)3-13-8/h2-3H,4-5H2,1H3. The Bertz CT molecular complexity index is 341. The van der Waals surface area contributed by atoms with E-state index in [4.69, 9.17) is 4.74 Å². The van der Waals surface area contributed by atoms with Gasteiger partial charge in [-0.2, -0.15) is 0 Å². The lowest BCUT2D eigenvalue weighted by Gasteiger charge is -2.38. The van der Waals surface area contributed by atoms with Crippen LogP contribution in [0.2, 0.25) is 0 Å². The van der Waals surface area contributed by atoms with Gasteiger partial charge < -0.3 is 4.74 Å². The van der Waals surface area contributed by atoms with E-state index in [1.165, 1.54) is 0 Å². The van der Waals surface area contributed by atoms with Gasteiger partial charge >= 0.3 is 0 Å².